The molecule has 0 saturated carbocycles. The smallest absolute Gasteiger partial charge is 0.340 e. The van der Waals surface area contributed by atoms with E-state index in [1.54, 1.807) is 18.3 Å². The van der Waals surface area contributed by atoms with Crippen molar-refractivity contribution in [2.75, 3.05) is 19.4 Å². The molecule has 0 bridgehead atoms. The number of esters is 1. The summed E-state index contributed by atoms with van der Waals surface area (Å²) in [5.41, 5.74) is 3.18. The Labute approximate surface area is 162 Å². The number of carbonyl (C=O) groups excluding carboxylic acids is 1. The zero-order valence-electron chi connectivity index (χ0n) is 14.5. The maximum atomic E-state index is 12.1. The number of pyridine rings is 1. The Kier molecular flexibility index (Phi) is 6.46. The van der Waals surface area contributed by atoms with Gasteiger partial charge < -0.3 is 15.4 Å². The van der Waals surface area contributed by atoms with Crippen LogP contribution in [-0.4, -0.2) is 35.5 Å². The Bertz CT molecular complexity index is 798. The van der Waals surface area contributed by atoms with Crippen LogP contribution in [0.15, 0.2) is 47.6 Å². The van der Waals surface area contributed by atoms with E-state index in [4.69, 9.17) is 17.0 Å². The van der Waals surface area contributed by atoms with Gasteiger partial charge in [0.1, 0.15) is 11.6 Å². The van der Waals surface area contributed by atoms with Crippen molar-refractivity contribution in [1.82, 2.24) is 15.6 Å². The van der Waals surface area contributed by atoms with Crippen molar-refractivity contribution in [1.29, 1.82) is 0 Å². The standard InChI is InChI=1S/C19H21N3O2S2/c1-26-17-15(7-4-10-20-17)18(23)24-12-11-21-19(25)22-16-9-8-13-5-2-3-6-14(13)16/h2-7,10,16H,8-9,11-12H2,1H3,(H2,21,22,25)/t16-/m0/s1. The molecule has 0 fully saturated rings. The van der Waals surface area contributed by atoms with Crippen LogP contribution in [-0.2, 0) is 11.2 Å². The Hall–Kier alpha value is -2.12. The SMILES string of the molecule is CSc1ncccc1C(=O)OCCNC(=S)N[C@H]1CCc2ccccc21. The number of hydrogen-bond acceptors (Lipinski definition) is 5. The molecule has 7 heteroatoms. The molecule has 3 rings (SSSR count). The topological polar surface area (TPSA) is 63.2 Å². The quantitative estimate of drug-likeness (QED) is 0.342. The second-order valence-electron chi connectivity index (χ2n) is 5.89. The first-order valence-corrected chi connectivity index (χ1v) is 10.1. The molecule has 1 heterocycles. The zero-order valence-corrected chi connectivity index (χ0v) is 16.2. The number of carbonyl (C=O) groups is 1. The fourth-order valence-electron chi connectivity index (χ4n) is 3.01. The van der Waals surface area contributed by atoms with Crippen LogP contribution in [0.25, 0.3) is 0 Å². The number of hydrogen-bond donors (Lipinski definition) is 2. The maximum absolute atomic E-state index is 12.1. The van der Waals surface area contributed by atoms with Gasteiger partial charge in [-0.15, -0.1) is 11.8 Å². The number of fused-ring (bicyclic) bond motifs is 1. The van der Waals surface area contributed by atoms with Crippen LogP contribution in [0.4, 0.5) is 0 Å². The molecule has 5 nitrogen and oxygen atoms in total. The highest BCUT2D eigenvalue weighted by Gasteiger charge is 2.22. The Morgan fingerprint density at radius 3 is 3.04 bits per heavy atom. The summed E-state index contributed by atoms with van der Waals surface area (Å²) < 4.78 is 5.31. The maximum Gasteiger partial charge on any atom is 0.340 e. The zero-order chi connectivity index (χ0) is 18.4. The molecule has 1 aliphatic carbocycles. The number of nitrogens with zero attached hydrogens (tertiary/aromatic N) is 1. The number of rotatable bonds is 6. The van der Waals surface area contributed by atoms with Gasteiger partial charge in [0, 0.05) is 6.20 Å². The minimum atomic E-state index is -0.368. The van der Waals surface area contributed by atoms with Crippen molar-refractivity contribution in [3.8, 4) is 0 Å². The molecule has 136 valence electrons. The fraction of sp³-hybridized carbons (Fsp3) is 0.316. The summed E-state index contributed by atoms with van der Waals surface area (Å²) >= 11 is 6.78. The molecule has 0 spiro atoms. The number of aromatic nitrogens is 1. The number of thiocarbonyl (C=S) groups is 1. The van der Waals surface area contributed by atoms with Crippen molar-refractivity contribution in [2.24, 2.45) is 0 Å². The van der Waals surface area contributed by atoms with Crippen LogP contribution in [0.5, 0.6) is 0 Å². The van der Waals surface area contributed by atoms with Crippen LogP contribution >= 0.6 is 24.0 Å². The third-order valence-corrected chi connectivity index (χ3v) is 5.22. The van der Waals surface area contributed by atoms with Gasteiger partial charge in [0.05, 0.1) is 18.2 Å². The summed E-state index contributed by atoms with van der Waals surface area (Å²) in [6.45, 7) is 0.700. The third kappa shape index (κ3) is 4.53. The van der Waals surface area contributed by atoms with Crippen LogP contribution in [0.3, 0.4) is 0 Å². The predicted molar refractivity (Wildman–Crippen MR) is 108 cm³/mol. The molecule has 26 heavy (non-hydrogen) atoms. The van der Waals surface area contributed by atoms with E-state index in [1.165, 1.54) is 22.9 Å². The molecule has 1 aliphatic rings. The van der Waals surface area contributed by atoms with Gasteiger partial charge in [0.2, 0.25) is 0 Å². The average Bonchev–Trinajstić information content (AvgIpc) is 3.08. The molecule has 0 radical (unpaired) electrons. The molecule has 0 amide bonds. The molecule has 0 unspecified atom stereocenters. The van der Waals surface area contributed by atoms with E-state index < -0.39 is 0 Å². The first-order valence-electron chi connectivity index (χ1n) is 8.47. The average molecular weight is 388 g/mol. The molecule has 0 aliphatic heterocycles. The van der Waals surface area contributed by atoms with Gasteiger partial charge in [-0.05, 0) is 54.6 Å². The lowest BCUT2D eigenvalue weighted by Crippen LogP contribution is -2.38. The molecule has 2 N–H and O–H groups in total. The normalized spacial score (nSPS) is 15.2. The van der Waals surface area contributed by atoms with Gasteiger partial charge >= 0.3 is 5.97 Å². The Balaban J connectivity index is 1.41. The summed E-state index contributed by atoms with van der Waals surface area (Å²) in [6, 6.07) is 12.1. The minimum Gasteiger partial charge on any atom is -0.460 e. The molecule has 2 aromatic rings. The number of ether oxygens (including phenoxy) is 1. The Morgan fingerprint density at radius 2 is 2.19 bits per heavy atom. The van der Waals surface area contributed by atoms with Gasteiger partial charge in [-0.25, -0.2) is 9.78 Å². The van der Waals surface area contributed by atoms with Gasteiger partial charge in [0.25, 0.3) is 0 Å². The highest BCUT2D eigenvalue weighted by molar-refractivity contribution is 7.98. The number of benzene rings is 1. The lowest BCUT2D eigenvalue weighted by Gasteiger charge is -2.17. The molecule has 0 saturated heterocycles. The van der Waals surface area contributed by atoms with Crippen LogP contribution in [0, 0.1) is 0 Å². The number of nitrogens with one attached hydrogen (secondary N) is 2. The van der Waals surface area contributed by atoms with Gasteiger partial charge in [-0.3, -0.25) is 0 Å². The van der Waals surface area contributed by atoms with E-state index in [2.05, 4.69) is 39.9 Å². The van der Waals surface area contributed by atoms with E-state index in [-0.39, 0.29) is 18.6 Å². The van der Waals surface area contributed by atoms with Gasteiger partial charge in [0.15, 0.2) is 5.11 Å². The van der Waals surface area contributed by atoms with Crippen LogP contribution in [0.1, 0.15) is 33.9 Å². The summed E-state index contributed by atoms with van der Waals surface area (Å²) in [7, 11) is 0. The van der Waals surface area contributed by atoms with Crippen LogP contribution < -0.4 is 10.6 Å². The molecule has 1 aromatic carbocycles. The second-order valence-corrected chi connectivity index (χ2v) is 7.09. The number of thioether (sulfide) groups is 1. The largest absolute Gasteiger partial charge is 0.460 e. The van der Waals surface area contributed by atoms with Crippen molar-refractivity contribution in [2.45, 2.75) is 23.9 Å². The molecule has 1 aromatic heterocycles. The summed E-state index contributed by atoms with van der Waals surface area (Å²) in [5, 5.41) is 7.68. The van der Waals surface area contributed by atoms with Crippen molar-refractivity contribution in [3.63, 3.8) is 0 Å². The minimum absolute atomic E-state index is 0.241. The van der Waals surface area contributed by atoms with Crippen molar-refractivity contribution < 1.29 is 9.53 Å². The molecular weight excluding hydrogens is 366 g/mol. The highest BCUT2D eigenvalue weighted by Crippen LogP contribution is 2.30. The second kappa shape index (κ2) is 9.00. The van der Waals surface area contributed by atoms with Crippen LogP contribution in [0.2, 0.25) is 0 Å². The first kappa shape index (κ1) is 18.7. The molecule has 1 atom stereocenters. The monoisotopic (exact) mass is 387 g/mol. The first-order chi connectivity index (χ1) is 12.7. The van der Waals surface area contributed by atoms with E-state index in [9.17, 15) is 4.79 Å². The predicted octanol–water partition coefficient (Wildman–Crippen LogP) is 3.11. The summed E-state index contributed by atoms with van der Waals surface area (Å²) in [4.78, 5) is 16.3. The fourth-order valence-corrected chi connectivity index (χ4v) is 3.79. The Morgan fingerprint density at radius 1 is 1.35 bits per heavy atom. The van der Waals surface area contributed by atoms with Crippen molar-refractivity contribution >= 4 is 35.1 Å². The van der Waals surface area contributed by atoms with Crippen molar-refractivity contribution in [3.05, 3.63) is 59.3 Å². The van der Waals surface area contributed by atoms with E-state index in [0.717, 1.165) is 12.8 Å². The van der Waals surface area contributed by atoms with Gasteiger partial charge in [-0.2, -0.15) is 0 Å². The van der Waals surface area contributed by atoms with Gasteiger partial charge in [-0.1, -0.05) is 24.3 Å². The third-order valence-electron chi connectivity index (χ3n) is 4.24. The van der Waals surface area contributed by atoms with E-state index in [1.807, 2.05) is 6.26 Å². The van der Waals surface area contributed by atoms with E-state index >= 15 is 0 Å². The lowest BCUT2D eigenvalue weighted by molar-refractivity contribution is 0.0507. The number of aryl methyl sites for hydroxylation is 1. The summed E-state index contributed by atoms with van der Waals surface area (Å²) in [6.07, 6.45) is 5.65. The highest BCUT2D eigenvalue weighted by atomic mass is 32.2. The summed E-state index contributed by atoms with van der Waals surface area (Å²) in [5.74, 6) is -0.368. The molecular formula is C19H21N3O2S2. The lowest BCUT2D eigenvalue weighted by atomic mass is 10.1. The van der Waals surface area contributed by atoms with E-state index in [0.29, 0.717) is 22.2 Å².